The van der Waals surface area contributed by atoms with Crippen molar-refractivity contribution in [1.82, 2.24) is 9.80 Å². The summed E-state index contributed by atoms with van der Waals surface area (Å²) in [5.41, 5.74) is 0. The summed E-state index contributed by atoms with van der Waals surface area (Å²) in [4.78, 5) is 27.3. The van der Waals surface area contributed by atoms with E-state index in [1.54, 1.807) is 9.80 Å². The molecule has 0 spiro atoms. The van der Waals surface area contributed by atoms with Crippen LogP contribution < -0.4 is 0 Å². The van der Waals surface area contributed by atoms with Crippen LogP contribution in [0.25, 0.3) is 0 Å². The number of amides is 2. The number of carbonyl (C=O) groups excluding carboxylic acids is 1. The molecule has 0 bridgehead atoms. The number of urea groups is 1. The molecule has 2 fully saturated rings. The lowest BCUT2D eigenvalue weighted by Crippen LogP contribution is -2.54. The highest BCUT2D eigenvalue weighted by Crippen LogP contribution is 2.22. The zero-order chi connectivity index (χ0) is 14.5. The standard InChI is InChI=1S/C13H22N2O5/c1-2-3-15(11-9-20-8-10(11)12(16)17)13(18)14-4-6-19-7-5-14/h10-11H,2-9H2,1H3,(H,16,17). The first-order chi connectivity index (χ1) is 9.65. The molecule has 2 heterocycles. The van der Waals surface area contributed by atoms with Crippen molar-refractivity contribution in [3.05, 3.63) is 0 Å². The topological polar surface area (TPSA) is 79.3 Å². The highest BCUT2D eigenvalue weighted by molar-refractivity contribution is 5.77. The SMILES string of the molecule is CCCN(C(=O)N1CCOCC1)C1COCC1C(=O)O. The fourth-order valence-corrected chi connectivity index (χ4v) is 2.67. The fraction of sp³-hybridized carbons (Fsp3) is 0.846. The molecule has 0 aromatic rings. The number of ether oxygens (including phenoxy) is 2. The van der Waals surface area contributed by atoms with Gasteiger partial charge in [0.2, 0.25) is 0 Å². The maximum Gasteiger partial charge on any atom is 0.320 e. The van der Waals surface area contributed by atoms with Crippen LogP contribution in [0.15, 0.2) is 0 Å². The first kappa shape index (κ1) is 15.1. The van der Waals surface area contributed by atoms with E-state index < -0.39 is 11.9 Å². The first-order valence-corrected chi connectivity index (χ1v) is 7.09. The molecule has 7 nitrogen and oxygen atoms in total. The molecule has 7 heteroatoms. The number of carboxylic acids is 1. The Morgan fingerprint density at radius 3 is 2.55 bits per heavy atom. The van der Waals surface area contributed by atoms with E-state index in [0.717, 1.165) is 6.42 Å². The summed E-state index contributed by atoms with van der Waals surface area (Å²) in [6.07, 6.45) is 0.791. The van der Waals surface area contributed by atoms with Gasteiger partial charge in [0.15, 0.2) is 0 Å². The predicted molar refractivity (Wildman–Crippen MR) is 70.5 cm³/mol. The van der Waals surface area contributed by atoms with Crippen LogP contribution in [0.3, 0.4) is 0 Å². The molecule has 2 atom stereocenters. The van der Waals surface area contributed by atoms with Gasteiger partial charge in [0.25, 0.3) is 0 Å². The molecule has 2 unspecified atom stereocenters. The Balaban J connectivity index is 2.08. The smallest absolute Gasteiger partial charge is 0.320 e. The van der Waals surface area contributed by atoms with Gasteiger partial charge in [-0.05, 0) is 6.42 Å². The molecule has 2 rings (SSSR count). The lowest BCUT2D eigenvalue weighted by atomic mass is 10.0. The maximum absolute atomic E-state index is 12.6. The molecule has 114 valence electrons. The second-order valence-corrected chi connectivity index (χ2v) is 5.12. The van der Waals surface area contributed by atoms with Gasteiger partial charge in [-0.1, -0.05) is 6.92 Å². The monoisotopic (exact) mass is 286 g/mol. The van der Waals surface area contributed by atoms with E-state index in [0.29, 0.717) is 39.5 Å². The molecule has 0 aromatic heterocycles. The number of carbonyl (C=O) groups is 2. The van der Waals surface area contributed by atoms with Crippen LogP contribution in [-0.4, -0.2) is 79.0 Å². The second-order valence-electron chi connectivity index (χ2n) is 5.12. The Labute approximate surface area is 118 Å². The van der Waals surface area contributed by atoms with Crippen molar-refractivity contribution in [3.63, 3.8) is 0 Å². The van der Waals surface area contributed by atoms with Gasteiger partial charge in [0, 0.05) is 19.6 Å². The summed E-state index contributed by atoms with van der Waals surface area (Å²) in [6.45, 7) is 5.20. The van der Waals surface area contributed by atoms with E-state index >= 15 is 0 Å². The van der Waals surface area contributed by atoms with Gasteiger partial charge in [-0.25, -0.2) is 4.79 Å². The Kier molecular flexibility index (Phi) is 5.19. The molecule has 1 N–H and O–H groups in total. The van der Waals surface area contributed by atoms with Crippen LogP contribution >= 0.6 is 0 Å². The number of carboxylic acid groups (broad SMARTS) is 1. The molecule has 2 saturated heterocycles. The number of hydrogen-bond acceptors (Lipinski definition) is 4. The third kappa shape index (κ3) is 3.21. The predicted octanol–water partition coefficient (Wildman–Crippen LogP) is 0.250. The van der Waals surface area contributed by atoms with Gasteiger partial charge in [-0.3, -0.25) is 4.79 Å². The molecule has 2 amide bonds. The molecule has 2 aliphatic rings. The summed E-state index contributed by atoms with van der Waals surface area (Å²) in [5.74, 6) is -1.53. The summed E-state index contributed by atoms with van der Waals surface area (Å²) in [6, 6.07) is -0.473. The van der Waals surface area contributed by atoms with Crippen LogP contribution in [0.5, 0.6) is 0 Å². The van der Waals surface area contributed by atoms with Crippen LogP contribution in [0.2, 0.25) is 0 Å². The van der Waals surface area contributed by atoms with E-state index in [1.165, 1.54) is 0 Å². The minimum atomic E-state index is -0.900. The van der Waals surface area contributed by atoms with Crippen molar-refractivity contribution in [2.24, 2.45) is 5.92 Å². The quantitative estimate of drug-likeness (QED) is 0.801. The minimum Gasteiger partial charge on any atom is -0.481 e. The van der Waals surface area contributed by atoms with Gasteiger partial charge in [-0.15, -0.1) is 0 Å². The zero-order valence-electron chi connectivity index (χ0n) is 11.8. The van der Waals surface area contributed by atoms with E-state index in [1.807, 2.05) is 6.92 Å². The maximum atomic E-state index is 12.6. The van der Waals surface area contributed by atoms with Crippen molar-refractivity contribution in [1.29, 1.82) is 0 Å². The Hall–Kier alpha value is -1.34. The van der Waals surface area contributed by atoms with E-state index in [4.69, 9.17) is 9.47 Å². The molecular formula is C13H22N2O5. The third-order valence-electron chi connectivity index (χ3n) is 3.76. The largest absolute Gasteiger partial charge is 0.481 e. The highest BCUT2D eigenvalue weighted by atomic mass is 16.5. The molecule has 20 heavy (non-hydrogen) atoms. The number of aliphatic carboxylic acids is 1. The van der Waals surface area contributed by atoms with Crippen LogP contribution in [0.1, 0.15) is 13.3 Å². The Morgan fingerprint density at radius 1 is 1.25 bits per heavy atom. The second kappa shape index (κ2) is 6.90. The van der Waals surface area contributed by atoms with E-state index in [2.05, 4.69) is 0 Å². The number of hydrogen-bond donors (Lipinski definition) is 1. The molecule has 0 saturated carbocycles. The summed E-state index contributed by atoms with van der Waals surface area (Å²) in [7, 11) is 0. The average molecular weight is 286 g/mol. The van der Waals surface area contributed by atoms with E-state index in [9.17, 15) is 14.7 Å². The Bertz CT molecular complexity index is 357. The zero-order valence-corrected chi connectivity index (χ0v) is 11.8. The van der Waals surface area contributed by atoms with Crippen LogP contribution in [0.4, 0.5) is 4.79 Å². The van der Waals surface area contributed by atoms with Crippen molar-refractivity contribution >= 4 is 12.0 Å². The van der Waals surface area contributed by atoms with Crippen molar-refractivity contribution in [2.45, 2.75) is 19.4 Å². The highest BCUT2D eigenvalue weighted by Gasteiger charge is 2.41. The third-order valence-corrected chi connectivity index (χ3v) is 3.76. The first-order valence-electron chi connectivity index (χ1n) is 7.09. The molecule has 0 radical (unpaired) electrons. The van der Waals surface area contributed by atoms with Crippen LogP contribution in [-0.2, 0) is 14.3 Å². The average Bonchev–Trinajstić information content (AvgIpc) is 2.94. The van der Waals surface area contributed by atoms with Crippen LogP contribution in [0, 0.1) is 5.92 Å². The number of morpholine rings is 1. The van der Waals surface area contributed by atoms with E-state index in [-0.39, 0.29) is 18.7 Å². The summed E-state index contributed by atoms with van der Waals surface area (Å²) < 4.78 is 10.5. The fourth-order valence-electron chi connectivity index (χ4n) is 2.67. The van der Waals surface area contributed by atoms with Gasteiger partial charge < -0.3 is 24.4 Å². The van der Waals surface area contributed by atoms with Gasteiger partial charge in [-0.2, -0.15) is 0 Å². The van der Waals surface area contributed by atoms with Gasteiger partial charge >= 0.3 is 12.0 Å². The lowest BCUT2D eigenvalue weighted by molar-refractivity contribution is -0.142. The number of nitrogens with zero attached hydrogens (tertiary/aromatic N) is 2. The minimum absolute atomic E-state index is 0.100. The Morgan fingerprint density at radius 2 is 1.95 bits per heavy atom. The summed E-state index contributed by atoms with van der Waals surface area (Å²) in [5, 5.41) is 9.24. The lowest BCUT2D eigenvalue weighted by Gasteiger charge is -2.36. The normalized spacial score (nSPS) is 26.6. The molecule has 0 aromatic carbocycles. The van der Waals surface area contributed by atoms with Crippen molar-refractivity contribution in [2.75, 3.05) is 46.1 Å². The summed E-state index contributed by atoms with van der Waals surface area (Å²) >= 11 is 0. The van der Waals surface area contributed by atoms with Gasteiger partial charge in [0.1, 0.15) is 5.92 Å². The molecule has 0 aliphatic carbocycles. The van der Waals surface area contributed by atoms with Gasteiger partial charge in [0.05, 0.1) is 32.5 Å². The molecule has 2 aliphatic heterocycles. The van der Waals surface area contributed by atoms with Crippen molar-refractivity contribution in [3.8, 4) is 0 Å². The number of rotatable bonds is 4. The molecular weight excluding hydrogens is 264 g/mol. The van der Waals surface area contributed by atoms with Crippen molar-refractivity contribution < 1.29 is 24.2 Å².